The van der Waals surface area contributed by atoms with Crippen LogP contribution in [0.3, 0.4) is 0 Å². The highest BCUT2D eigenvalue weighted by molar-refractivity contribution is 5.26. The smallest absolute Gasteiger partial charge is 0.367 e. The second kappa shape index (κ2) is 5.55. The minimum absolute atomic E-state index is 0.746. The molecule has 0 bridgehead atoms. The van der Waals surface area contributed by atoms with Gasteiger partial charge in [0.1, 0.15) is 18.0 Å². The number of halogens is 7. The van der Waals surface area contributed by atoms with E-state index >= 15 is 0 Å². The van der Waals surface area contributed by atoms with Gasteiger partial charge in [0.05, 0.1) is 6.61 Å². The standard InChI is InChI=1S/C8H7F7N2O/c9-6(10)4-3(1-18-2-8(13,14)15)5(7(11)12)17-16-4/h6-7H,1-2H2,(H,16,17). The summed E-state index contributed by atoms with van der Waals surface area (Å²) < 4.78 is 88.8. The highest BCUT2D eigenvalue weighted by Gasteiger charge is 2.30. The van der Waals surface area contributed by atoms with E-state index in [1.54, 1.807) is 5.10 Å². The summed E-state index contributed by atoms with van der Waals surface area (Å²) in [6.45, 7) is -2.74. The number of nitrogens with zero attached hydrogens (tertiary/aromatic N) is 1. The number of alkyl halides is 7. The SMILES string of the molecule is FC(F)c1n[nH]c(C(F)F)c1COCC(F)(F)F. The Morgan fingerprint density at radius 1 is 1.11 bits per heavy atom. The van der Waals surface area contributed by atoms with Crippen LogP contribution in [0.5, 0.6) is 0 Å². The Hall–Kier alpha value is -1.32. The van der Waals surface area contributed by atoms with Gasteiger partial charge < -0.3 is 4.74 Å². The van der Waals surface area contributed by atoms with Crippen LogP contribution in [0.25, 0.3) is 0 Å². The fraction of sp³-hybridized carbons (Fsp3) is 0.625. The second-order valence-electron chi connectivity index (χ2n) is 3.21. The van der Waals surface area contributed by atoms with Crippen LogP contribution in [-0.2, 0) is 11.3 Å². The highest BCUT2D eigenvalue weighted by atomic mass is 19.4. The van der Waals surface area contributed by atoms with Gasteiger partial charge in [-0.2, -0.15) is 18.3 Å². The molecule has 1 heterocycles. The van der Waals surface area contributed by atoms with Gasteiger partial charge in [-0.3, -0.25) is 5.10 Å². The Balaban J connectivity index is 2.81. The monoisotopic (exact) mass is 280 g/mol. The van der Waals surface area contributed by atoms with E-state index in [0.717, 1.165) is 0 Å². The van der Waals surface area contributed by atoms with Crippen LogP contribution in [0.1, 0.15) is 29.8 Å². The zero-order valence-electron chi connectivity index (χ0n) is 8.57. The second-order valence-corrected chi connectivity index (χ2v) is 3.21. The van der Waals surface area contributed by atoms with Crippen molar-refractivity contribution in [1.82, 2.24) is 10.2 Å². The predicted octanol–water partition coefficient (Wildman–Crippen LogP) is 3.36. The van der Waals surface area contributed by atoms with Gasteiger partial charge in [-0.15, -0.1) is 0 Å². The lowest BCUT2D eigenvalue weighted by molar-refractivity contribution is -0.176. The number of hydrogen-bond acceptors (Lipinski definition) is 2. The Morgan fingerprint density at radius 2 is 1.72 bits per heavy atom. The molecule has 0 aliphatic rings. The number of nitrogens with one attached hydrogen (secondary N) is 1. The molecule has 0 radical (unpaired) electrons. The van der Waals surface area contributed by atoms with Gasteiger partial charge in [-0.05, 0) is 0 Å². The van der Waals surface area contributed by atoms with E-state index in [1.807, 2.05) is 0 Å². The molecular weight excluding hydrogens is 273 g/mol. The summed E-state index contributed by atoms with van der Waals surface area (Å²) in [7, 11) is 0. The number of H-pyrrole nitrogens is 1. The van der Waals surface area contributed by atoms with Crippen molar-refractivity contribution < 1.29 is 35.5 Å². The lowest BCUT2D eigenvalue weighted by Crippen LogP contribution is -2.17. The third kappa shape index (κ3) is 3.86. The van der Waals surface area contributed by atoms with Crippen LogP contribution in [-0.4, -0.2) is 23.0 Å². The van der Waals surface area contributed by atoms with Gasteiger partial charge in [0, 0.05) is 5.56 Å². The van der Waals surface area contributed by atoms with Crippen molar-refractivity contribution in [3.8, 4) is 0 Å². The average molecular weight is 280 g/mol. The molecule has 0 fully saturated rings. The molecule has 3 nitrogen and oxygen atoms in total. The molecule has 0 amide bonds. The average Bonchev–Trinajstić information content (AvgIpc) is 2.59. The first-order chi connectivity index (χ1) is 8.22. The number of ether oxygens (including phenoxy) is 1. The minimum Gasteiger partial charge on any atom is -0.367 e. The largest absolute Gasteiger partial charge is 0.411 e. The van der Waals surface area contributed by atoms with E-state index in [2.05, 4.69) is 9.84 Å². The van der Waals surface area contributed by atoms with Crippen LogP contribution >= 0.6 is 0 Å². The number of aromatic nitrogens is 2. The van der Waals surface area contributed by atoms with E-state index in [4.69, 9.17) is 0 Å². The molecule has 1 aromatic rings. The predicted molar refractivity (Wildman–Crippen MR) is 44.2 cm³/mol. The first kappa shape index (κ1) is 14.7. The van der Waals surface area contributed by atoms with Crippen LogP contribution in [0.4, 0.5) is 30.7 Å². The molecule has 18 heavy (non-hydrogen) atoms. The van der Waals surface area contributed by atoms with Crippen LogP contribution in [0.15, 0.2) is 0 Å². The summed E-state index contributed by atoms with van der Waals surface area (Å²) in [5.74, 6) is 0. The summed E-state index contributed by atoms with van der Waals surface area (Å²) in [5.41, 5.74) is -2.75. The van der Waals surface area contributed by atoms with Crippen LogP contribution in [0, 0.1) is 0 Å². The molecule has 1 rings (SSSR count). The lowest BCUT2D eigenvalue weighted by Gasteiger charge is -2.09. The Kier molecular flexibility index (Phi) is 4.54. The maximum Gasteiger partial charge on any atom is 0.411 e. The molecule has 0 atom stereocenters. The molecule has 0 unspecified atom stereocenters. The van der Waals surface area contributed by atoms with E-state index < -0.39 is 49.2 Å². The molecule has 0 saturated carbocycles. The number of hydrogen-bond donors (Lipinski definition) is 1. The topological polar surface area (TPSA) is 37.9 Å². The third-order valence-corrected chi connectivity index (χ3v) is 1.87. The molecule has 0 spiro atoms. The summed E-state index contributed by atoms with van der Waals surface area (Å²) in [6, 6.07) is 0. The quantitative estimate of drug-likeness (QED) is 0.840. The van der Waals surface area contributed by atoms with Gasteiger partial charge in [-0.1, -0.05) is 0 Å². The Morgan fingerprint density at radius 3 is 2.17 bits per heavy atom. The molecule has 1 aromatic heterocycles. The van der Waals surface area contributed by atoms with Crippen molar-refractivity contribution in [3.05, 3.63) is 17.0 Å². The van der Waals surface area contributed by atoms with E-state index in [1.165, 1.54) is 0 Å². The van der Waals surface area contributed by atoms with Crippen molar-refractivity contribution in [2.75, 3.05) is 6.61 Å². The molecular formula is C8H7F7N2O. The number of aromatic amines is 1. The third-order valence-electron chi connectivity index (χ3n) is 1.87. The number of rotatable bonds is 5. The maximum absolute atomic E-state index is 12.4. The van der Waals surface area contributed by atoms with E-state index in [9.17, 15) is 30.7 Å². The maximum atomic E-state index is 12.4. The van der Waals surface area contributed by atoms with Gasteiger partial charge in [-0.25, -0.2) is 17.6 Å². The Bertz CT molecular complexity index is 362. The van der Waals surface area contributed by atoms with Gasteiger partial charge in [0.15, 0.2) is 0 Å². The molecule has 104 valence electrons. The fourth-order valence-electron chi connectivity index (χ4n) is 1.17. The fourth-order valence-corrected chi connectivity index (χ4v) is 1.17. The summed E-state index contributed by atoms with van der Waals surface area (Å²) in [5, 5.41) is 4.60. The first-order valence-electron chi connectivity index (χ1n) is 4.50. The molecule has 0 saturated heterocycles. The van der Waals surface area contributed by atoms with E-state index in [0.29, 0.717) is 0 Å². The normalized spacial score (nSPS) is 12.7. The highest BCUT2D eigenvalue weighted by Crippen LogP contribution is 2.29. The minimum atomic E-state index is -4.67. The zero-order chi connectivity index (χ0) is 13.9. The molecule has 0 aliphatic carbocycles. The Labute approximate surface area is 95.9 Å². The van der Waals surface area contributed by atoms with E-state index in [-0.39, 0.29) is 0 Å². The van der Waals surface area contributed by atoms with Gasteiger partial charge in [0.25, 0.3) is 12.9 Å². The van der Waals surface area contributed by atoms with Crippen LogP contribution in [0.2, 0.25) is 0 Å². The molecule has 0 aliphatic heterocycles. The summed E-state index contributed by atoms with van der Waals surface area (Å²) >= 11 is 0. The van der Waals surface area contributed by atoms with Gasteiger partial charge >= 0.3 is 6.18 Å². The zero-order valence-corrected chi connectivity index (χ0v) is 8.57. The van der Waals surface area contributed by atoms with Crippen molar-refractivity contribution in [1.29, 1.82) is 0 Å². The summed E-state index contributed by atoms with van der Waals surface area (Å²) in [4.78, 5) is 0. The first-order valence-corrected chi connectivity index (χ1v) is 4.50. The molecule has 1 N–H and O–H groups in total. The van der Waals surface area contributed by atoms with Crippen molar-refractivity contribution in [3.63, 3.8) is 0 Å². The lowest BCUT2D eigenvalue weighted by atomic mass is 10.2. The van der Waals surface area contributed by atoms with Gasteiger partial charge in [0.2, 0.25) is 0 Å². The van der Waals surface area contributed by atoms with Crippen molar-refractivity contribution >= 4 is 0 Å². The van der Waals surface area contributed by atoms with Crippen molar-refractivity contribution in [2.45, 2.75) is 25.6 Å². The summed E-state index contributed by atoms with van der Waals surface area (Å²) in [6.07, 6.45) is -11.0. The molecule has 10 heteroatoms. The van der Waals surface area contributed by atoms with Crippen molar-refractivity contribution in [2.24, 2.45) is 0 Å². The van der Waals surface area contributed by atoms with Crippen LogP contribution < -0.4 is 0 Å². The molecule has 0 aromatic carbocycles.